The molecule has 2 aliphatic heterocycles. The fourth-order valence-electron chi connectivity index (χ4n) is 3.29. The van der Waals surface area contributed by atoms with Crippen molar-refractivity contribution in [2.45, 2.75) is 57.7 Å². The predicted molar refractivity (Wildman–Crippen MR) is 85.8 cm³/mol. The summed E-state index contributed by atoms with van der Waals surface area (Å²) in [6, 6.07) is 0.403. The van der Waals surface area contributed by atoms with Gasteiger partial charge in [-0.3, -0.25) is 0 Å². The minimum atomic E-state index is -3.35. The van der Waals surface area contributed by atoms with Gasteiger partial charge in [0, 0.05) is 31.7 Å². The zero-order chi connectivity index (χ0) is 15.7. The van der Waals surface area contributed by atoms with E-state index in [1.807, 2.05) is 13.8 Å². The van der Waals surface area contributed by atoms with E-state index in [1.54, 1.807) is 8.61 Å². The van der Waals surface area contributed by atoms with Crippen molar-refractivity contribution in [2.24, 2.45) is 5.92 Å². The lowest BCUT2D eigenvalue weighted by Gasteiger charge is -2.40. The second kappa shape index (κ2) is 6.73. The molecule has 1 saturated carbocycles. The molecule has 2 saturated heterocycles. The highest BCUT2D eigenvalue weighted by Gasteiger charge is 2.38. The van der Waals surface area contributed by atoms with E-state index in [-0.39, 0.29) is 12.1 Å². The molecule has 0 radical (unpaired) electrons. The van der Waals surface area contributed by atoms with Crippen LogP contribution in [-0.2, 0) is 14.9 Å². The van der Waals surface area contributed by atoms with Crippen molar-refractivity contribution in [3.8, 4) is 0 Å². The van der Waals surface area contributed by atoms with Gasteiger partial charge in [0.25, 0.3) is 10.2 Å². The molecule has 6 nitrogen and oxygen atoms in total. The molecule has 3 aliphatic rings. The molecule has 0 unspecified atom stereocenters. The Morgan fingerprint density at radius 3 is 2.45 bits per heavy atom. The minimum absolute atomic E-state index is 0.0243. The SMILES string of the molecule is C[C@@H]1CO[C@@H](C)CN1S(=O)(=O)N1CCC(NCC2CC2)CC1. The first kappa shape index (κ1) is 16.6. The van der Waals surface area contributed by atoms with Crippen LogP contribution in [0.4, 0.5) is 0 Å². The van der Waals surface area contributed by atoms with Crippen LogP contribution < -0.4 is 5.32 Å². The molecule has 0 aromatic carbocycles. The molecule has 0 aromatic heterocycles. The zero-order valence-corrected chi connectivity index (χ0v) is 14.5. The third kappa shape index (κ3) is 3.82. The summed E-state index contributed by atoms with van der Waals surface area (Å²) in [5.41, 5.74) is 0. The van der Waals surface area contributed by atoms with Crippen molar-refractivity contribution in [1.29, 1.82) is 0 Å². The highest BCUT2D eigenvalue weighted by Crippen LogP contribution is 2.28. The Labute approximate surface area is 134 Å². The van der Waals surface area contributed by atoms with Crippen LogP contribution in [0.2, 0.25) is 0 Å². The van der Waals surface area contributed by atoms with Crippen LogP contribution >= 0.6 is 0 Å². The van der Waals surface area contributed by atoms with Crippen molar-refractivity contribution in [2.75, 3.05) is 32.8 Å². The zero-order valence-electron chi connectivity index (χ0n) is 13.7. The van der Waals surface area contributed by atoms with Gasteiger partial charge in [0.2, 0.25) is 0 Å². The molecule has 3 fully saturated rings. The van der Waals surface area contributed by atoms with E-state index in [0.29, 0.717) is 32.3 Å². The van der Waals surface area contributed by atoms with E-state index in [9.17, 15) is 8.42 Å². The topological polar surface area (TPSA) is 61.9 Å². The summed E-state index contributed by atoms with van der Waals surface area (Å²) in [5, 5.41) is 3.60. The quantitative estimate of drug-likeness (QED) is 0.810. The molecule has 0 bridgehead atoms. The lowest BCUT2D eigenvalue weighted by molar-refractivity contribution is -0.0193. The molecule has 1 N–H and O–H groups in total. The van der Waals surface area contributed by atoms with Gasteiger partial charge in [0.1, 0.15) is 0 Å². The van der Waals surface area contributed by atoms with E-state index in [2.05, 4.69) is 5.32 Å². The second-order valence-electron chi connectivity index (χ2n) is 7.10. The Balaban J connectivity index is 1.54. The maximum Gasteiger partial charge on any atom is 0.282 e. The van der Waals surface area contributed by atoms with Gasteiger partial charge in [-0.05, 0) is 52.0 Å². The molecular formula is C15H29N3O3S. The summed E-state index contributed by atoms with van der Waals surface area (Å²) in [6.45, 7) is 7.17. The van der Waals surface area contributed by atoms with Gasteiger partial charge < -0.3 is 10.1 Å². The molecule has 1 aliphatic carbocycles. The average Bonchev–Trinajstić information content (AvgIpc) is 3.32. The van der Waals surface area contributed by atoms with Crippen molar-refractivity contribution >= 4 is 10.2 Å². The van der Waals surface area contributed by atoms with Gasteiger partial charge in [-0.2, -0.15) is 17.0 Å². The third-order valence-electron chi connectivity index (χ3n) is 5.02. The van der Waals surface area contributed by atoms with E-state index in [4.69, 9.17) is 4.74 Å². The molecule has 7 heteroatoms. The minimum Gasteiger partial charge on any atom is -0.375 e. The molecule has 2 atom stereocenters. The number of nitrogens with one attached hydrogen (secondary N) is 1. The first-order valence-corrected chi connectivity index (χ1v) is 9.98. The molecular weight excluding hydrogens is 302 g/mol. The molecule has 2 heterocycles. The lowest BCUT2D eigenvalue weighted by Crippen LogP contribution is -2.57. The molecule has 0 aromatic rings. The number of hydrogen-bond donors (Lipinski definition) is 1. The van der Waals surface area contributed by atoms with Crippen molar-refractivity contribution in [1.82, 2.24) is 13.9 Å². The van der Waals surface area contributed by atoms with Crippen LogP contribution in [-0.4, -0.2) is 68.0 Å². The number of piperidine rings is 1. The lowest BCUT2D eigenvalue weighted by atomic mass is 10.1. The highest BCUT2D eigenvalue weighted by molar-refractivity contribution is 7.86. The van der Waals surface area contributed by atoms with Crippen molar-refractivity contribution < 1.29 is 13.2 Å². The summed E-state index contributed by atoms with van der Waals surface area (Å²) in [5.74, 6) is 0.873. The molecule has 0 amide bonds. The van der Waals surface area contributed by atoms with Crippen molar-refractivity contribution in [3.63, 3.8) is 0 Å². The number of nitrogens with zero attached hydrogens (tertiary/aromatic N) is 2. The van der Waals surface area contributed by atoms with Gasteiger partial charge in [-0.25, -0.2) is 0 Å². The van der Waals surface area contributed by atoms with E-state index >= 15 is 0 Å². The maximum atomic E-state index is 12.9. The fourth-order valence-corrected chi connectivity index (χ4v) is 5.17. The second-order valence-corrected chi connectivity index (χ2v) is 8.98. The molecule has 0 spiro atoms. The molecule has 128 valence electrons. The standard InChI is InChI=1S/C15H29N3O3S/c1-12-11-21-13(2)10-18(12)22(19,20)17-7-5-15(6-8-17)16-9-14-3-4-14/h12-16H,3-11H2,1-2H3/t12-,13+/m1/s1. The third-order valence-corrected chi connectivity index (χ3v) is 7.14. The highest BCUT2D eigenvalue weighted by atomic mass is 32.2. The smallest absolute Gasteiger partial charge is 0.282 e. The van der Waals surface area contributed by atoms with E-state index in [1.165, 1.54) is 12.8 Å². The van der Waals surface area contributed by atoms with Gasteiger partial charge in [0.15, 0.2) is 0 Å². The first-order chi connectivity index (χ1) is 10.5. The Morgan fingerprint density at radius 2 is 1.82 bits per heavy atom. The Bertz CT molecular complexity index is 472. The molecule has 22 heavy (non-hydrogen) atoms. The summed E-state index contributed by atoms with van der Waals surface area (Å²) in [6.07, 6.45) is 4.52. The average molecular weight is 331 g/mol. The van der Waals surface area contributed by atoms with Gasteiger partial charge in [-0.1, -0.05) is 0 Å². The van der Waals surface area contributed by atoms with E-state index < -0.39 is 10.2 Å². The van der Waals surface area contributed by atoms with E-state index in [0.717, 1.165) is 25.3 Å². The summed E-state index contributed by atoms with van der Waals surface area (Å²) >= 11 is 0. The van der Waals surface area contributed by atoms with Gasteiger partial charge in [0.05, 0.1) is 12.7 Å². The van der Waals surface area contributed by atoms with Crippen LogP contribution in [0, 0.1) is 5.92 Å². The monoisotopic (exact) mass is 331 g/mol. The Kier molecular flexibility index (Phi) is 5.09. The van der Waals surface area contributed by atoms with Crippen LogP contribution in [0.5, 0.6) is 0 Å². The normalized spacial score (nSPS) is 33.2. The largest absolute Gasteiger partial charge is 0.375 e. The van der Waals surface area contributed by atoms with Crippen LogP contribution in [0.15, 0.2) is 0 Å². The van der Waals surface area contributed by atoms with Crippen molar-refractivity contribution in [3.05, 3.63) is 0 Å². The van der Waals surface area contributed by atoms with Crippen LogP contribution in [0.25, 0.3) is 0 Å². The summed E-state index contributed by atoms with van der Waals surface area (Å²) < 4.78 is 34.5. The molecule has 3 rings (SSSR count). The maximum absolute atomic E-state index is 12.9. The number of hydrogen-bond acceptors (Lipinski definition) is 4. The predicted octanol–water partition coefficient (Wildman–Crippen LogP) is 0.804. The first-order valence-electron chi connectivity index (χ1n) is 8.58. The summed E-state index contributed by atoms with van der Waals surface area (Å²) in [4.78, 5) is 0. The van der Waals surface area contributed by atoms with Gasteiger partial charge in [-0.15, -0.1) is 0 Å². The van der Waals surface area contributed by atoms with Gasteiger partial charge >= 0.3 is 0 Å². The number of rotatable bonds is 5. The summed E-state index contributed by atoms with van der Waals surface area (Å²) in [7, 11) is -3.35. The number of ether oxygens (including phenoxy) is 1. The van der Waals surface area contributed by atoms with Crippen LogP contribution in [0.3, 0.4) is 0 Å². The van der Waals surface area contributed by atoms with Crippen LogP contribution in [0.1, 0.15) is 39.5 Å². The Hall–Kier alpha value is -0.210. The fraction of sp³-hybridized carbons (Fsp3) is 1.00. The Morgan fingerprint density at radius 1 is 1.14 bits per heavy atom. The number of morpholine rings is 1.